The van der Waals surface area contributed by atoms with Gasteiger partial charge in [-0.15, -0.1) is 0 Å². The maximum absolute atomic E-state index is 7.45. The maximum Gasteiger partial charge on any atom is 0.196 e. The van der Waals surface area contributed by atoms with E-state index < -0.39 is 0 Å². The molecule has 0 aromatic rings. The van der Waals surface area contributed by atoms with E-state index in [4.69, 9.17) is 5.41 Å². The molecule has 4 nitrogen and oxygen atoms in total. The molecule has 1 rings (SSSR count). The summed E-state index contributed by atoms with van der Waals surface area (Å²) >= 11 is 0. The van der Waals surface area contributed by atoms with Gasteiger partial charge in [-0.2, -0.15) is 5.10 Å². The molecule has 13 heavy (non-hydrogen) atoms. The highest BCUT2D eigenvalue weighted by atomic mass is 15.3. The van der Waals surface area contributed by atoms with Gasteiger partial charge in [-0.25, -0.2) is 4.99 Å². The van der Waals surface area contributed by atoms with Gasteiger partial charge < -0.3 is 5.43 Å². The van der Waals surface area contributed by atoms with E-state index in [9.17, 15) is 0 Å². The van der Waals surface area contributed by atoms with Gasteiger partial charge in [-0.05, 0) is 18.6 Å². The van der Waals surface area contributed by atoms with Crippen LogP contribution in [-0.4, -0.2) is 24.3 Å². The number of rotatable bonds is 4. The van der Waals surface area contributed by atoms with Crippen molar-refractivity contribution in [2.24, 2.45) is 10.1 Å². The summed E-state index contributed by atoms with van der Waals surface area (Å²) in [7, 11) is 0. The minimum atomic E-state index is 0.353. The SMILES string of the molecule is CCCCN/N=C1/N=CC=CC1=N. The Morgan fingerprint density at radius 2 is 2.46 bits per heavy atom. The molecule has 0 bridgehead atoms. The molecular formula is C9H14N4. The highest BCUT2D eigenvalue weighted by Crippen LogP contribution is 1.92. The number of hydrogen-bond donors (Lipinski definition) is 2. The van der Waals surface area contributed by atoms with Crippen molar-refractivity contribution in [3.05, 3.63) is 12.2 Å². The molecule has 0 aliphatic carbocycles. The lowest BCUT2D eigenvalue weighted by Crippen LogP contribution is -2.17. The van der Waals surface area contributed by atoms with E-state index in [2.05, 4.69) is 22.4 Å². The van der Waals surface area contributed by atoms with Crippen LogP contribution in [0.1, 0.15) is 19.8 Å². The van der Waals surface area contributed by atoms with Gasteiger partial charge in [0, 0.05) is 12.8 Å². The van der Waals surface area contributed by atoms with Crippen molar-refractivity contribution in [1.82, 2.24) is 5.43 Å². The lowest BCUT2D eigenvalue weighted by molar-refractivity contribution is 0.672. The summed E-state index contributed by atoms with van der Waals surface area (Å²) in [6.45, 7) is 2.96. The highest BCUT2D eigenvalue weighted by Gasteiger charge is 2.03. The molecule has 1 heterocycles. The first-order chi connectivity index (χ1) is 6.34. The number of unbranched alkanes of at least 4 members (excludes halogenated alkanes) is 1. The Hall–Kier alpha value is -1.45. The number of allylic oxidation sites excluding steroid dienone is 1. The molecule has 0 radical (unpaired) electrons. The Labute approximate surface area is 78.0 Å². The summed E-state index contributed by atoms with van der Waals surface area (Å²) < 4.78 is 0. The lowest BCUT2D eigenvalue weighted by atomic mass is 10.3. The lowest BCUT2D eigenvalue weighted by Gasteiger charge is -2.03. The van der Waals surface area contributed by atoms with Crippen molar-refractivity contribution in [1.29, 1.82) is 5.41 Å². The standard InChI is InChI=1S/C9H14N4/c1-2-3-7-12-13-9-8(10)5-4-6-11-9/h4-6,10,12H,2-3,7H2,1H3/b10-8?,13-9+. The fourth-order valence-corrected chi connectivity index (χ4v) is 0.873. The molecule has 2 N–H and O–H groups in total. The molecule has 0 atom stereocenters. The number of amidine groups is 1. The van der Waals surface area contributed by atoms with Gasteiger partial charge in [-0.3, -0.25) is 5.41 Å². The third-order valence-electron chi connectivity index (χ3n) is 1.61. The van der Waals surface area contributed by atoms with Crippen molar-refractivity contribution in [3.8, 4) is 0 Å². The minimum Gasteiger partial charge on any atom is -0.308 e. The van der Waals surface area contributed by atoms with Gasteiger partial charge in [0.25, 0.3) is 0 Å². The van der Waals surface area contributed by atoms with E-state index in [1.807, 2.05) is 0 Å². The van der Waals surface area contributed by atoms with Gasteiger partial charge in [0.05, 0.1) is 0 Å². The van der Waals surface area contributed by atoms with Gasteiger partial charge >= 0.3 is 0 Å². The molecule has 4 heteroatoms. The van der Waals surface area contributed by atoms with Crippen molar-refractivity contribution in [3.63, 3.8) is 0 Å². The second-order valence-electron chi connectivity index (χ2n) is 2.75. The van der Waals surface area contributed by atoms with E-state index >= 15 is 0 Å². The quantitative estimate of drug-likeness (QED) is 0.495. The van der Waals surface area contributed by atoms with Crippen molar-refractivity contribution < 1.29 is 0 Å². The predicted molar refractivity (Wildman–Crippen MR) is 55.7 cm³/mol. The summed E-state index contributed by atoms with van der Waals surface area (Å²) in [5.74, 6) is 0.457. The Morgan fingerprint density at radius 1 is 1.62 bits per heavy atom. The number of hydrogen-bond acceptors (Lipinski definition) is 3. The Balaban J connectivity index is 2.38. The Bertz CT molecular complexity index is 263. The van der Waals surface area contributed by atoms with Crippen LogP contribution in [0.2, 0.25) is 0 Å². The third-order valence-corrected chi connectivity index (χ3v) is 1.61. The van der Waals surface area contributed by atoms with Crippen molar-refractivity contribution in [2.75, 3.05) is 6.54 Å². The molecule has 0 saturated carbocycles. The van der Waals surface area contributed by atoms with Crippen molar-refractivity contribution >= 4 is 17.8 Å². The minimum absolute atomic E-state index is 0.353. The van der Waals surface area contributed by atoms with Crippen LogP contribution in [0.25, 0.3) is 0 Å². The molecule has 70 valence electrons. The van der Waals surface area contributed by atoms with Crippen LogP contribution in [0.3, 0.4) is 0 Å². The fourth-order valence-electron chi connectivity index (χ4n) is 0.873. The van der Waals surface area contributed by atoms with Crippen LogP contribution < -0.4 is 5.43 Å². The molecule has 0 amide bonds. The first-order valence-electron chi connectivity index (χ1n) is 4.45. The van der Waals surface area contributed by atoms with E-state index in [0.29, 0.717) is 11.5 Å². The normalized spacial score (nSPS) is 18.2. The van der Waals surface area contributed by atoms with E-state index in [-0.39, 0.29) is 0 Å². The van der Waals surface area contributed by atoms with Crippen LogP contribution in [0.15, 0.2) is 22.2 Å². The zero-order chi connectivity index (χ0) is 9.52. The first kappa shape index (κ1) is 9.64. The van der Waals surface area contributed by atoms with Gasteiger partial charge in [0.15, 0.2) is 5.84 Å². The largest absolute Gasteiger partial charge is 0.308 e. The summed E-state index contributed by atoms with van der Waals surface area (Å²) in [6, 6.07) is 0. The Kier molecular flexibility index (Phi) is 3.88. The zero-order valence-electron chi connectivity index (χ0n) is 7.75. The van der Waals surface area contributed by atoms with E-state index in [1.54, 1.807) is 18.4 Å². The highest BCUT2D eigenvalue weighted by molar-refractivity contribution is 6.47. The third kappa shape index (κ3) is 3.19. The first-order valence-corrected chi connectivity index (χ1v) is 4.45. The van der Waals surface area contributed by atoms with Gasteiger partial charge in [-0.1, -0.05) is 13.3 Å². The zero-order valence-corrected chi connectivity index (χ0v) is 7.75. The summed E-state index contributed by atoms with van der Waals surface area (Å²) in [5.41, 5.74) is 3.24. The Morgan fingerprint density at radius 3 is 3.15 bits per heavy atom. The van der Waals surface area contributed by atoms with Crippen LogP contribution >= 0.6 is 0 Å². The summed E-state index contributed by atoms with van der Waals surface area (Å²) in [5, 5.41) is 11.4. The second kappa shape index (κ2) is 5.24. The molecule has 0 aromatic carbocycles. The molecule has 0 spiro atoms. The molecule has 0 saturated heterocycles. The molecule has 0 fully saturated rings. The van der Waals surface area contributed by atoms with Crippen LogP contribution in [-0.2, 0) is 0 Å². The van der Waals surface area contributed by atoms with E-state index in [1.165, 1.54) is 0 Å². The van der Waals surface area contributed by atoms with Gasteiger partial charge in [0.1, 0.15) is 5.71 Å². The van der Waals surface area contributed by atoms with Crippen LogP contribution in [0, 0.1) is 5.41 Å². The number of nitrogens with one attached hydrogen (secondary N) is 2. The maximum atomic E-state index is 7.45. The molecule has 0 aromatic heterocycles. The number of dihydropyridines is 1. The topological polar surface area (TPSA) is 60.6 Å². The summed E-state index contributed by atoms with van der Waals surface area (Å²) in [4.78, 5) is 3.96. The molecule has 1 aliphatic rings. The predicted octanol–water partition coefficient (Wildman–Crippen LogP) is 1.35. The van der Waals surface area contributed by atoms with Gasteiger partial charge in [0.2, 0.25) is 0 Å². The van der Waals surface area contributed by atoms with E-state index in [0.717, 1.165) is 19.4 Å². The number of nitrogens with zero attached hydrogens (tertiary/aromatic N) is 2. The fraction of sp³-hybridized carbons (Fsp3) is 0.444. The average molecular weight is 178 g/mol. The molecule has 0 unspecified atom stereocenters. The molecular weight excluding hydrogens is 164 g/mol. The average Bonchev–Trinajstić information content (AvgIpc) is 2.15. The smallest absolute Gasteiger partial charge is 0.196 e. The second-order valence-corrected chi connectivity index (χ2v) is 2.75. The summed E-state index contributed by atoms with van der Waals surface area (Å²) in [6.07, 6.45) is 7.27. The monoisotopic (exact) mass is 178 g/mol. The number of hydrazone groups is 1. The van der Waals surface area contributed by atoms with Crippen LogP contribution in [0.4, 0.5) is 0 Å². The molecule has 1 aliphatic heterocycles. The van der Waals surface area contributed by atoms with Crippen molar-refractivity contribution in [2.45, 2.75) is 19.8 Å². The van der Waals surface area contributed by atoms with Crippen LogP contribution in [0.5, 0.6) is 0 Å². The number of aliphatic imine (C=N–C) groups is 1.